The lowest BCUT2D eigenvalue weighted by molar-refractivity contribution is -0.133. The van der Waals surface area contributed by atoms with Crippen molar-refractivity contribution in [3.63, 3.8) is 0 Å². The van der Waals surface area contributed by atoms with Gasteiger partial charge in [0.25, 0.3) is 0 Å². The van der Waals surface area contributed by atoms with Crippen molar-refractivity contribution in [2.24, 2.45) is 4.99 Å². The number of likely N-dealkylation sites (tertiary alicyclic amines) is 2. The number of guanidine groups is 1. The molecule has 0 spiro atoms. The van der Waals surface area contributed by atoms with Gasteiger partial charge in [0.15, 0.2) is 5.96 Å². The predicted octanol–water partition coefficient (Wildman–Crippen LogP) is 1.59. The molecule has 2 heterocycles. The Morgan fingerprint density at radius 3 is 2.50 bits per heavy atom. The molecule has 0 aromatic heterocycles. The molecule has 164 valence electrons. The summed E-state index contributed by atoms with van der Waals surface area (Å²) in [5.41, 5.74) is 0. The van der Waals surface area contributed by atoms with Crippen LogP contribution in [0.4, 0.5) is 0 Å². The molecule has 28 heavy (non-hydrogen) atoms. The standard InChI is InChI=1S/C20H40N6O.HI/c1-5-21-20(23-16-17-10-7-13-25(17)6-2)22-12-9-15-26-14-8-11-18(26)19(27)24(3)4;/h17-18H,5-16H2,1-4H3,(H2,21,22,23);1H. The van der Waals surface area contributed by atoms with E-state index in [9.17, 15) is 4.79 Å². The van der Waals surface area contributed by atoms with Crippen LogP contribution in [0.5, 0.6) is 0 Å². The predicted molar refractivity (Wildman–Crippen MR) is 128 cm³/mol. The van der Waals surface area contributed by atoms with Gasteiger partial charge in [0.05, 0.1) is 12.6 Å². The minimum atomic E-state index is 0. The molecule has 1 amide bonds. The van der Waals surface area contributed by atoms with E-state index < -0.39 is 0 Å². The molecule has 2 N–H and O–H groups in total. The first kappa shape index (κ1) is 25.4. The van der Waals surface area contributed by atoms with Crippen LogP contribution in [0, 0.1) is 0 Å². The van der Waals surface area contributed by atoms with Gasteiger partial charge in [0, 0.05) is 39.8 Å². The van der Waals surface area contributed by atoms with Crippen LogP contribution in [-0.2, 0) is 4.79 Å². The van der Waals surface area contributed by atoms with E-state index >= 15 is 0 Å². The lowest BCUT2D eigenvalue weighted by Gasteiger charge is -2.26. The number of carbonyl (C=O) groups is 1. The fraction of sp³-hybridized carbons (Fsp3) is 0.900. The first-order valence-corrected chi connectivity index (χ1v) is 10.8. The lowest BCUT2D eigenvalue weighted by Crippen LogP contribution is -2.44. The first-order chi connectivity index (χ1) is 13.1. The second-order valence-electron chi connectivity index (χ2n) is 7.85. The van der Waals surface area contributed by atoms with E-state index in [2.05, 4.69) is 34.3 Å². The summed E-state index contributed by atoms with van der Waals surface area (Å²) in [5, 5.41) is 6.82. The molecular weight excluding hydrogens is 467 g/mol. The number of nitrogens with zero attached hydrogens (tertiary/aromatic N) is 4. The number of halogens is 1. The normalized spacial score (nSPS) is 23.5. The van der Waals surface area contributed by atoms with E-state index in [0.717, 1.165) is 64.5 Å². The summed E-state index contributed by atoms with van der Waals surface area (Å²) in [7, 11) is 3.70. The molecule has 0 aromatic carbocycles. The van der Waals surface area contributed by atoms with Gasteiger partial charge in [0.1, 0.15) is 0 Å². The molecule has 2 rings (SSSR count). The Labute approximate surface area is 188 Å². The molecule has 7 nitrogen and oxygen atoms in total. The third-order valence-corrected chi connectivity index (χ3v) is 5.71. The molecule has 2 unspecified atom stereocenters. The molecule has 0 saturated carbocycles. The third kappa shape index (κ3) is 7.67. The van der Waals surface area contributed by atoms with E-state index in [0.29, 0.717) is 6.04 Å². The number of rotatable bonds is 9. The largest absolute Gasteiger partial charge is 0.357 e. The molecular formula is C20H41IN6O. The number of hydrogen-bond acceptors (Lipinski definition) is 4. The highest BCUT2D eigenvalue weighted by Crippen LogP contribution is 2.19. The van der Waals surface area contributed by atoms with Crippen molar-refractivity contribution >= 4 is 35.8 Å². The average Bonchev–Trinajstić information content (AvgIpc) is 3.31. The molecule has 2 aliphatic rings. The minimum Gasteiger partial charge on any atom is -0.357 e. The van der Waals surface area contributed by atoms with Gasteiger partial charge in [-0.25, -0.2) is 0 Å². The molecule has 8 heteroatoms. The van der Waals surface area contributed by atoms with Gasteiger partial charge in [-0.05, 0) is 58.7 Å². The zero-order valence-electron chi connectivity index (χ0n) is 18.2. The fourth-order valence-corrected chi connectivity index (χ4v) is 4.22. The molecule has 2 aliphatic heterocycles. The summed E-state index contributed by atoms with van der Waals surface area (Å²) in [6.07, 6.45) is 5.68. The van der Waals surface area contributed by atoms with Crippen LogP contribution in [0.15, 0.2) is 4.99 Å². The maximum absolute atomic E-state index is 12.3. The Bertz CT molecular complexity index is 487. The van der Waals surface area contributed by atoms with E-state index in [1.54, 1.807) is 4.90 Å². The summed E-state index contributed by atoms with van der Waals surface area (Å²) in [6, 6.07) is 0.664. The number of aliphatic imine (C=N–C) groups is 1. The first-order valence-electron chi connectivity index (χ1n) is 10.8. The van der Waals surface area contributed by atoms with Crippen molar-refractivity contribution in [1.82, 2.24) is 25.3 Å². The third-order valence-electron chi connectivity index (χ3n) is 5.71. The van der Waals surface area contributed by atoms with Crippen LogP contribution in [0.1, 0.15) is 46.0 Å². The molecule has 2 saturated heterocycles. The van der Waals surface area contributed by atoms with Crippen LogP contribution in [-0.4, -0.2) is 98.6 Å². The van der Waals surface area contributed by atoms with E-state index in [4.69, 9.17) is 4.99 Å². The quantitative estimate of drug-likeness (QED) is 0.215. The van der Waals surface area contributed by atoms with Crippen molar-refractivity contribution in [1.29, 1.82) is 0 Å². The highest BCUT2D eigenvalue weighted by atomic mass is 127. The van der Waals surface area contributed by atoms with E-state index in [-0.39, 0.29) is 35.9 Å². The van der Waals surface area contributed by atoms with Crippen LogP contribution in [0.2, 0.25) is 0 Å². The Hall–Kier alpha value is -0.610. The van der Waals surface area contributed by atoms with Gasteiger partial charge in [-0.1, -0.05) is 6.92 Å². The Kier molecular flexibility index (Phi) is 12.3. The van der Waals surface area contributed by atoms with Crippen molar-refractivity contribution < 1.29 is 4.79 Å². The maximum atomic E-state index is 12.3. The zero-order chi connectivity index (χ0) is 19.6. The number of amides is 1. The number of carbonyl (C=O) groups excluding carboxylic acids is 1. The number of nitrogens with one attached hydrogen (secondary N) is 2. The summed E-state index contributed by atoms with van der Waals surface area (Å²) >= 11 is 0. The molecule has 0 aromatic rings. The second-order valence-corrected chi connectivity index (χ2v) is 7.85. The topological polar surface area (TPSA) is 63.2 Å². The van der Waals surface area contributed by atoms with Gasteiger partial charge < -0.3 is 15.5 Å². The highest BCUT2D eigenvalue weighted by molar-refractivity contribution is 14.0. The average molecular weight is 508 g/mol. The van der Waals surface area contributed by atoms with Crippen LogP contribution in [0.3, 0.4) is 0 Å². The minimum absolute atomic E-state index is 0. The van der Waals surface area contributed by atoms with Gasteiger partial charge in [-0.2, -0.15) is 0 Å². The van der Waals surface area contributed by atoms with E-state index in [1.807, 2.05) is 14.1 Å². The highest BCUT2D eigenvalue weighted by Gasteiger charge is 2.31. The molecule has 0 radical (unpaired) electrons. The van der Waals surface area contributed by atoms with Crippen molar-refractivity contribution in [2.75, 3.05) is 59.9 Å². The summed E-state index contributed by atoms with van der Waals surface area (Å²) in [5.74, 6) is 1.16. The van der Waals surface area contributed by atoms with Gasteiger partial charge in [-0.3, -0.25) is 19.6 Å². The number of hydrogen-bond donors (Lipinski definition) is 2. The SMILES string of the molecule is CCNC(=NCC1CCCN1CC)NCCCN1CCCC1C(=O)N(C)C.I. The molecule has 2 fully saturated rings. The summed E-state index contributed by atoms with van der Waals surface area (Å²) in [4.78, 5) is 23.7. The zero-order valence-corrected chi connectivity index (χ0v) is 20.6. The summed E-state index contributed by atoms with van der Waals surface area (Å²) < 4.78 is 0. The smallest absolute Gasteiger partial charge is 0.239 e. The second kappa shape index (κ2) is 13.6. The monoisotopic (exact) mass is 508 g/mol. The number of likely N-dealkylation sites (N-methyl/N-ethyl adjacent to an activating group) is 2. The maximum Gasteiger partial charge on any atom is 0.239 e. The lowest BCUT2D eigenvalue weighted by atomic mass is 10.2. The van der Waals surface area contributed by atoms with E-state index in [1.165, 1.54) is 19.4 Å². The Morgan fingerprint density at radius 1 is 1.11 bits per heavy atom. The van der Waals surface area contributed by atoms with Gasteiger partial charge in [0.2, 0.25) is 5.91 Å². The van der Waals surface area contributed by atoms with Crippen LogP contribution < -0.4 is 10.6 Å². The van der Waals surface area contributed by atoms with Crippen molar-refractivity contribution in [2.45, 2.75) is 58.0 Å². The molecule has 0 bridgehead atoms. The van der Waals surface area contributed by atoms with Crippen LogP contribution in [0.25, 0.3) is 0 Å². The Morgan fingerprint density at radius 2 is 1.82 bits per heavy atom. The molecule has 2 atom stereocenters. The Balaban J connectivity index is 0.00000392. The van der Waals surface area contributed by atoms with Crippen LogP contribution >= 0.6 is 24.0 Å². The summed E-state index contributed by atoms with van der Waals surface area (Å²) in [6.45, 7) is 11.3. The van der Waals surface area contributed by atoms with Gasteiger partial charge >= 0.3 is 0 Å². The van der Waals surface area contributed by atoms with Crippen molar-refractivity contribution in [3.05, 3.63) is 0 Å². The van der Waals surface area contributed by atoms with Crippen molar-refractivity contribution in [3.8, 4) is 0 Å². The molecule has 0 aliphatic carbocycles. The van der Waals surface area contributed by atoms with Gasteiger partial charge in [-0.15, -0.1) is 24.0 Å². The fourth-order valence-electron chi connectivity index (χ4n) is 4.22.